The lowest BCUT2D eigenvalue weighted by Crippen LogP contribution is -2.42. The molecule has 0 aliphatic heterocycles. The Bertz CT molecular complexity index is 666. The van der Waals surface area contributed by atoms with Crippen LogP contribution < -0.4 is 11.1 Å². The Hall–Kier alpha value is -2.26. The van der Waals surface area contributed by atoms with Crippen molar-refractivity contribution in [1.82, 2.24) is 10.3 Å². The number of thiophene rings is 1. The highest BCUT2D eigenvalue weighted by atomic mass is 32.1. The summed E-state index contributed by atoms with van der Waals surface area (Å²) in [6, 6.07) is 2.77. The van der Waals surface area contributed by atoms with Crippen molar-refractivity contribution in [2.24, 2.45) is 5.73 Å². The molecule has 0 bridgehead atoms. The number of urea groups is 1. The summed E-state index contributed by atoms with van der Waals surface area (Å²) in [5, 5.41) is 5.99. The number of hydrogen-bond acceptors (Lipinski definition) is 7. The van der Waals surface area contributed by atoms with Crippen molar-refractivity contribution < 1.29 is 19.1 Å². The number of carbonyl (C=O) groups is 3. The van der Waals surface area contributed by atoms with Crippen LogP contribution in [0.25, 0.3) is 9.88 Å². The zero-order valence-corrected chi connectivity index (χ0v) is 12.5. The van der Waals surface area contributed by atoms with Crippen LogP contribution in [0.1, 0.15) is 17.4 Å². The lowest BCUT2D eigenvalue weighted by atomic mass is 10.3. The van der Waals surface area contributed by atoms with Crippen LogP contribution in [-0.2, 0) is 9.53 Å². The average Bonchev–Trinajstić information content (AvgIpc) is 3.08. The fraction of sp³-hybridized carbons (Fsp3) is 0.167. The highest BCUT2D eigenvalue weighted by molar-refractivity contribution is 7.20. The summed E-state index contributed by atoms with van der Waals surface area (Å²) in [6.45, 7) is 1.34. The van der Waals surface area contributed by atoms with E-state index in [4.69, 9.17) is 10.5 Å². The van der Waals surface area contributed by atoms with Crippen molar-refractivity contribution in [2.45, 2.75) is 13.0 Å². The number of nitrogens with zero attached hydrogens (tertiary/aromatic N) is 1. The van der Waals surface area contributed by atoms with Crippen LogP contribution in [-0.4, -0.2) is 29.0 Å². The molecule has 9 heteroatoms. The normalized spacial score (nSPS) is 11.7. The summed E-state index contributed by atoms with van der Waals surface area (Å²) in [6.07, 6.45) is -1.14. The molecule has 0 aliphatic rings. The smallest absolute Gasteiger partial charge is 0.358 e. The summed E-state index contributed by atoms with van der Waals surface area (Å²) >= 11 is 2.81. The van der Waals surface area contributed by atoms with Gasteiger partial charge in [0.05, 0.1) is 4.88 Å². The van der Waals surface area contributed by atoms with Gasteiger partial charge in [-0.1, -0.05) is 6.07 Å². The molecule has 0 radical (unpaired) electrons. The Morgan fingerprint density at radius 1 is 1.38 bits per heavy atom. The van der Waals surface area contributed by atoms with Gasteiger partial charge in [-0.25, -0.2) is 14.6 Å². The first-order chi connectivity index (χ1) is 9.97. The number of nitrogens with one attached hydrogen (secondary N) is 1. The molecule has 0 spiro atoms. The van der Waals surface area contributed by atoms with E-state index in [0.717, 1.165) is 4.88 Å². The van der Waals surface area contributed by atoms with E-state index in [9.17, 15) is 14.4 Å². The Morgan fingerprint density at radius 2 is 2.14 bits per heavy atom. The van der Waals surface area contributed by atoms with E-state index in [1.54, 1.807) is 5.38 Å². The van der Waals surface area contributed by atoms with Gasteiger partial charge < -0.3 is 10.5 Å². The summed E-state index contributed by atoms with van der Waals surface area (Å²) in [5.74, 6) is -1.52. The number of amides is 3. The molecule has 110 valence electrons. The second kappa shape index (κ2) is 6.46. The third kappa shape index (κ3) is 3.86. The Morgan fingerprint density at radius 3 is 2.76 bits per heavy atom. The number of esters is 1. The van der Waals surface area contributed by atoms with Crippen molar-refractivity contribution in [3.63, 3.8) is 0 Å². The molecular weight excluding hydrogens is 314 g/mol. The van der Waals surface area contributed by atoms with E-state index in [-0.39, 0.29) is 5.69 Å². The molecule has 2 aromatic rings. The number of ether oxygens (including phenoxy) is 1. The maximum Gasteiger partial charge on any atom is 0.358 e. The molecule has 0 saturated heterocycles. The van der Waals surface area contributed by atoms with Crippen LogP contribution in [0.5, 0.6) is 0 Å². The molecule has 7 nitrogen and oxygen atoms in total. The van der Waals surface area contributed by atoms with Crippen LogP contribution in [0.4, 0.5) is 4.79 Å². The first kappa shape index (κ1) is 15.1. The average molecular weight is 325 g/mol. The van der Waals surface area contributed by atoms with Crippen molar-refractivity contribution >= 4 is 40.6 Å². The van der Waals surface area contributed by atoms with Gasteiger partial charge in [0.2, 0.25) is 0 Å². The number of carbonyl (C=O) groups excluding carboxylic acids is 3. The van der Waals surface area contributed by atoms with Crippen molar-refractivity contribution in [1.29, 1.82) is 0 Å². The number of nitrogens with two attached hydrogens (primary N) is 1. The summed E-state index contributed by atoms with van der Waals surface area (Å²) < 4.78 is 4.92. The predicted octanol–water partition coefficient (Wildman–Crippen LogP) is 1.61. The second-order valence-electron chi connectivity index (χ2n) is 3.92. The zero-order valence-electron chi connectivity index (χ0n) is 10.9. The molecule has 2 aromatic heterocycles. The third-order valence-electron chi connectivity index (χ3n) is 2.34. The second-order valence-corrected chi connectivity index (χ2v) is 5.72. The highest BCUT2D eigenvalue weighted by Gasteiger charge is 2.21. The zero-order chi connectivity index (χ0) is 15.4. The maximum absolute atomic E-state index is 11.9. The minimum Gasteiger partial charge on any atom is -0.448 e. The first-order valence-corrected chi connectivity index (χ1v) is 7.54. The molecular formula is C12H11N3O4S2. The SMILES string of the molecule is C[C@@H](OC(=O)c1csc(-c2cccs2)n1)C(=O)NC(N)=O. The third-order valence-corrected chi connectivity index (χ3v) is 4.23. The van der Waals surface area contributed by atoms with E-state index in [2.05, 4.69) is 4.98 Å². The lowest BCUT2D eigenvalue weighted by molar-refractivity contribution is -0.127. The molecule has 0 aromatic carbocycles. The van der Waals surface area contributed by atoms with E-state index >= 15 is 0 Å². The largest absolute Gasteiger partial charge is 0.448 e. The van der Waals surface area contributed by atoms with Gasteiger partial charge in [0, 0.05) is 5.38 Å². The van der Waals surface area contributed by atoms with Gasteiger partial charge in [0.1, 0.15) is 5.01 Å². The predicted molar refractivity (Wildman–Crippen MR) is 78.0 cm³/mol. The Labute approximate surface area is 127 Å². The van der Waals surface area contributed by atoms with Gasteiger partial charge in [-0.05, 0) is 18.4 Å². The topological polar surface area (TPSA) is 111 Å². The molecule has 2 rings (SSSR count). The van der Waals surface area contributed by atoms with Gasteiger partial charge in [0.25, 0.3) is 5.91 Å². The number of aromatic nitrogens is 1. The molecule has 21 heavy (non-hydrogen) atoms. The van der Waals surface area contributed by atoms with Crippen LogP contribution in [0.2, 0.25) is 0 Å². The highest BCUT2D eigenvalue weighted by Crippen LogP contribution is 2.28. The minimum absolute atomic E-state index is 0.113. The van der Waals surface area contributed by atoms with E-state index in [1.807, 2.05) is 22.8 Å². The Kier molecular flexibility index (Phi) is 4.66. The van der Waals surface area contributed by atoms with Gasteiger partial charge in [-0.15, -0.1) is 22.7 Å². The number of hydrogen-bond donors (Lipinski definition) is 2. The molecule has 1 atom stereocenters. The number of primary amides is 1. The molecule has 0 aliphatic carbocycles. The molecule has 3 amide bonds. The Balaban J connectivity index is 2.01. The number of thiazole rings is 1. The van der Waals surface area contributed by atoms with Crippen molar-refractivity contribution in [2.75, 3.05) is 0 Å². The molecule has 2 heterocycles. The van der Waals surface area contributed by atoms with Crippen LogP contribution >= 0.6 is 22.7 Å². The molecule has 3 N–H and O–H groups in total. The maximum atomic E-state index is 11.9. The van der Waals surface area contributed by atoms with Crippen LogP contribution in [0.15, 0.2) is 22.9 Å². The van der Waals surface area contributed by atoms with Gasteiger partial charge >= 0.3 is 12.0 Å². The summed E-state index contributed by atoms with van der Waals surface area (Å²) in [4.78, 5) is 38.9. The lowest BCUT2D eigenvalue weighted by Gasteiger charge is -2.10. The standard InChI is InChI=1S/C12H11N3O4S2/c1-6(9(16)15-12(13)18)19-11(17)7-5-21-10(14-7)8-3-2-4-20-8/h2-6H,1H3,(H3,13,15,16,18)/t6-/m1/s1. The van der Waals surface area contributed by atoms with Crippen molar-refractivity contribution in [3.8, 4) is 9.88 Å². The van der Waals surface area contributed by atoms with E-state index in [1.165, 1.54) is 29.6 Å². The fourth-order valence-electron chi connectivity index (χ4n) is 1.38. The van der Waals surface area contributed by atoms with E-state index in [0.29, 0.717) is 5.01 Å². The monoisotopic (exact) mass is 325 g/mol. The van der Waals surface area contributed by atoms with Gasteiger partial charge in [-0.3, -0.25) is 10.1 Å². The minimum atomic E-state index is -1.14. The van der Waals surface area contributed by atoms with Crippen LogP contribution in [0.3, 0.4) is 0 Å². The number of rotatable bonds is 4. The van der Waals surface area contributed by atoms with Gasteiger partial charge in [0.15, 0.2) is 11.8 Å². The van der Waals surface area contributed by atoms with Crippen molar-refractivity contribution in [3.05, 3.63) is 28.6 Å². The quantitative estimate of drug-likeness (QED) is 0.830. The molecule has 0 fully saturated rings. The molecule has 0 unspecified atom stereocenters. The van der Waals surface area contributed by atoms with E-state index < -0.39 is 24.0 Å². The fourth-order valence-corrected chi connectivity index (χ4v) is 2.98. The first-order valence-electron chi connectivity index (χ1n) is 5.78. The number of imide groups is 1. The van der Waals surface area contributed by atoms with Crippen LogP contribution in [0, 0.1) is 0 Å². The van der Waals surface area contributed by atoms with Gasteiger partial charge in [-0.2, -0.15) is 0 Å². The summed E-state index contributed by atoms with van der Waals surface area (Å²) in [7, 11) is 0. The summed E-state index contributed by atoms with van der Waals surface area (Å²) in [5.41, 5.74) is 4.92. The molecule has 0 saturated carbocycles.